The maximum absolute atomic E-state index is 11.2. The molecule has 0 spiro atoms. The third-order valence-electron chi connectivity index (χ3n) is 3.03. The fraction of sp³-hybridized carbons (Fsp3) is 0.600. The summed E-state index contributed by atoms with van der Waals surface area (Å²) in [6.07, 6.45) is -3.54. The summed E-state index contributed by atoms with van der Waals surface area (Å²) in [6.45, 7) is 3.02. The van der Waals surface area contributed by atoms with Crippen LogP contribution in [0.15, 0.2) is 12.9 Å². The minimum Gasteiger partial charge on any atom is -0.396 e. The van der Waals surface area contributed by atoms with Gasteiger partial charge in [0, 0.05) is 7.11 Å². The largest absolute Gasteiger partial charge is 0.472 e. The van der Waals surface area contributed by atoms with E-state index in [4.69, 9.17) is 15.4 Å². The van der Waals surface area contributed by atoms with Gasteiger partial charge in [0.05, 0.1) is 12.3 Å². The molecule has 5 atom stereocenters. The molecule has 12 heteroatoms. The number of hydrogen-bond donors (Lipinski definition) is 4. The first-order valence-corrected chi connectivity index (χ1v) is 7.65. The summed E-state index contributed by atoms with van der Waals surface area (Å²) >= 11 is 0. The Labute approximate surface area is 125 Å². The van der Waals surface area contributed by atoms with Crippen molar-refractivity contribution in [3.63, 3.8) is 0 Å². The summed E-state index contributed by atoms with van der Waals surface area (Å²) < 4.78 is 26.6. The molecule has 0 bridgehead atoms. The number of aromatic nitrogens is 3. The molecule has 1 saturated heterocycles. The van der Waals surface area contributed by atoms with Crippen LogP contribution in [0, 0.1) is 0 Å². The van der Waals surface area contributed by atoms with Gasteiger partial charge in [-0.25, -0.2) is 14.2 Å². The number of phosphoric ester groups is 1. The van der Waals surface area contributed by atoms with E-state index < -0.39 is 39.0 Å². The molecule has 0 aliphatic carbocycles. The topological polar surface area (TPSA) is 162 Å². The van der Waals surface area contributed by atoms with Gasteiger partial charge in [-0.3, -0.25) is 9.05 Å². The van der Waals surface area contributed by atoms with Crippen LogP contribution in [-0.2, 0) is 18.3 Å². The zero-order valence-corrected chi connectivity index (χ0v) is 12.5. The number of aliphatic hydroxyl groups excluding tert-OH is 2. The molecule has 5 N–H and O–H groups in total. The van der Waals surface area contributed by atoms with Crippen LogP contribution < -0.4 is 5.73 Å². The number of phosphoric acid groups is 1. The molecular weight excluding hydrogens is 319 g/mol. The van der Waals surface area contributed by atoms with Crippen LogP contribution in [0.5, 0.6) is 0 Å². The summed E-state index contributed by atoms with van der Waals surface area (Å²) in [4.78, 5) is 13.0. The molecule has 2 heterocycles. The molecule has 0 radical (unpaired) electrons. The second-order valence-corrected chi connectivity index (χ2v) is 6.13. The van der Waals surface area contributed by atoms with E-state index in [1.807, 2.05) is 0 Å². The number of rotatable bonds is 6. The Morgan fingerprint density at radius 2 is 2.27 bits per heavy atom. The normalized spacial score (nSPS) is 31.1. The van der Waals surface area contributed by atoms with Crippen molar-refractivity contribution < 1.29 is 33.5 Å². The fourth-order valence-corrected chi connectivity index (χ4v) is 2.29. The van der Waals surface area contributed by atoms with Gasteiger partial charge in [0.15, 0.2) is 12.1 Å². The second-order valence-electron chi connectivity index (χ2n) is 4.57. The Bertz CT molecular complexity index is 594. The van der Waals surface area contributed by atoms with E-state index in [0.717, 1.165) is 11.8 Å². The molecule has 0 saturated carbocycles. The van der Waals surface area contributed by atoms with E-state index in [1.165, 1.54) is 6.33 Å². The Morgan fingerprint density at radius 3 is 2.82 bits per heavy atom. The predicted molar refractivity (Wildman–Crippen MR) is 72.0 cm³/mol. The highest BCUT2D eigenvalue weighted by Gasteiger charge is 2.45. The Morgan fingerprint density at radius 1 is 1.59 bits per heavy atom. The van der Waals surface area contributed by atoms with Crippen LogP contribution in [0.2, 0.25) is 0 Å². The first-order chi connectivity index (χ1) is 10.2. The molecule has 1 aliphatic heterocycles. The van der Waals surface area contributed by atoms with Gasteiger partial charge in [0.25, 0.3) is 0 Å². The second kappa shape index (κ2) is 6.42. The third kappa shape index (κ3) is 3.52. The smallest absolute Gasteiger partial charge is 0.396 e. The van der Waals surface area contributed by atoms with Crippen molar-refractivity contribution in [2.45, 2.75) is 24.5 Å². The van der Waals surface area contributed by atoms with Gasteiger partial charge in [-0.2, -0.15) is 0 Å². The quantitative estimate of drug-likeness (QED) is 0.454. The predicted octanol–water partition coefficient (Wildman–Crippen LogP) is -1.41. The highest BCUT2D eigenvalue weighted by atomic mass is 31.2. The van der Waals surface area contributed by atoms with Crippen molar-refractivity contribution in [2.75, 3.05) is 13.7 Å². The summed E-state index contributed by atoms with van der Waals surface area (Å²) in [6, 6.07) is 0. The van der Waals surface area contributed by atoms with E-state index in [1.54, 1.807) is 0 Å². The number of ether oxygens (including phenoxy) is 1. The van der Waals surface area contributed by atoms with Crippen LogP contribution >= 0.6 is 7.82 Å². The molecule has 0 aromatic carbocycles. The molecule has 1 aromatic rings. The first kappa shape index (κ1) is 17.0. The van der Waals surface area contributed by atoms with Crippen molar-refractivity contribution in [2.24, 2.45) is 5.73 Å². The lowest BCUT2D eigenvalue weighted by Gasteiger charge is -2.16. The highest BCUT2D eigenvalue weighted by molar-refractivity contribution is 7.47. The van der Waals surface area contributed by atoms with Gasteiger partial charge >= 0.3 is 7.82 Å². The van der Waals surface area contributed by atoms with Gasteiger partial charge in [0.2, 0.25) is 0 Å². The third-order valence-corrected chi connectivity index (χ3v) is 3.96. The van der Waals surface area contributed by atoms with Crippen LogP contribution in [0.4, 0.5) is 0 Å². The maximum Gasteiger partial charge on any atom is 0.472 e. The highest BCUT2D eigenvalue weighted by Crippen LogP contribution is 2.43. The standard InChI is InChI=1S/C10H17N4O7P/c1-5(11)9-12-4-14(13-9)10-8(16)7(15)6(21-10)3-20-22(17,18)19-2/h4,6-8,10,15-16H,1,3,11H2,2H3,(H,17,18)/t6-,7-,8-,10-/m1/s1. The zero-order valence-electron chi connectivity index (χ0n) is 11.6. The van der Waals surface area contributed by atoms with E-state index in [9.17, 15) is 14.8 Å². The lowest BCUT2D eigenvalue weighted by Crippen LogP contribution is -2.33. The molecule has 11 nitrogen and oxygen atoms in total. The molecule has 22 heavy (non-hydrogen) atoms. The molecule has 1 aliphatic rings. The lowest BCUT2D eigenvalue weighted by atomic mass is 10.1. The van der Waals surface area contributed by atoms with Crippen molar-refractivity contribution in [3.05, 3.63) is 18.7 Å². The van der Waals surface area contributed by atoms with E-state index in [0.29, 0.717) is 0 Å². The lowest BCUT2D eigenvalue weighted by molar-refractivity contribution is -0.0585. The fourth-order valence-electron chi connectivity index (χ4n) is 1.85. The van der Waals surface area contributed by atoms with Crippen LogP contribution in [0.1, 0.15) is 12.1 Å². The molecular formula is C10H17N4O7P. The van der Waals surface area contributed by atoms with Crippen molar-refractivity contribution >= 4 is 13.5 Å². The van der Waals surface area contributed by atoms with Crippen LogP contribution in [0.25, 0.3) is 5.70 Å². The van der Waals surface area contributed by atoms with Crippen molar-refractivity contribution in [3.8, 4) is 0 Å². The van der Waals surface area contributed by atoms with Gasteiger partial charge in [-0.15, -0.1) is 5.10 Å². The first-order valence-electron chi connectivity index (χ1n) is 6.15. The number of nitrogens with two attached hydrogens (primary N) is 1. The van der Waals surface area contributed by atoms with Gasteiger partial charge in [0.1, 0.15) is 24.6 Å². The summed E-state index contributed by atoms with van der Waals surface area (Å²) in [7, 11) is -3.21. The van der Waals surface area contributed by atoms with E-state index in [2.05, 4.69) is 25.7 Å². The van der Waals surface area contributed by atoms with Gasteiger partial charge in [-0.1, -0.05) is 6.58 Å². The SMILES string of the molecule is C=C(N)c1ncn([C@@H]2O[C@H](COP(=O)(O)OC)[C@@H](O)[C@H]2O)n1. The molecule has 1 aromatic heterocycles. The Hall–Kier alpha value is -1.33. The van der Waals surface area contributed by atoms with Gasteiger partial charge < -0.3 is 25.6 Å². The average molecular weight is 336 g/mol. The van der Waals surface area contributed by atoms with Crippen molar-refractivity contribution in [1.29, 1.82) is 0 Å². The number of aliphatic hydroxyl groups is 2. The zero-order chi connectivity index (χ0) is 16.5. The van der Waals surface area contributed by atoms with Crippen molar-refractivity contribution in [1.82, 2.24) is 14.8 Å². The summed E-state index contributed by atoms with van der Waals surface area (Å²) in [5.74, 6) is 0.157. The summed E-state index contributed by atoms with van der Waals surface area (Å²) in [5, 5.41) is 23.8. The minimum absolute atomic E-state index is 0.132. The molecule has 124 valence electrons. The average Bonchev–Trinajstić information content (AvgIpc) is 3.05. The molecule has 1 unspecified atom stereocenters. The Balaban J connectivity index is 2.06. The summed E-state index contributed by atoms with van der Waals surface area (Å²) in [5.41, 5.74) is 5.58. The maximum atomic E-state index is 11.2. The number of nitrogens with zero attached hydrogens (tertiary/aromatic N) is 3. The molecule has 0 amide bonds. The van der Waals surface area contributed by atoms with E-state index in [-0.39, 0.29) is 11.5 Å². The minimum atomic E-state index is -4.21. The van der Waals surface area contributed by atoms with E-state index >= 15 is 0 Å². The Kier molecular flexibility index (Phi) is 4.97. The van der Waals surface area contributed by atoms with Crippen LogP contribution in [-0.4, -0.2) is 61.9 Å². The van der Waals surface area contributed by atoms with Gasteiger partial charge in [-0.05, 0) is 0 Å². The molecule has 1 fully saturated rings. The monoisotopic (exact) mass is 336 g/mol. The number of hydrogen-bond acceptors (Lipinski definition) is 9. The molecule has 2 rings (SSSR count). The van der Waals surface area contributed by atoms with Crippen LogP contribution in [0.3, 0.4) is 0 Å².